The number of methoxy groups -OCH3 is 1. The first-order valence-electron chi connectivity index (χ1n) is 11.3. The van der Waals surface area contributed by atoms with Crippen molar-refractivity contribution in [2.45, 2.75) is 32.4 Å². The fraction of sp³-hybridized carbons (Fsp3) is 0.308. The van der Waals surface area contributed by atoms with Crippen LogP contribution < -0.4 is 4.74 Å². The number of aliphatic hydroxyl groups excluding tert-OH is 1. The Morgan fingerprint density at radius 1 is 1.21 bits per heavy atom. The van der Waals surface area contributed by atoms with E-state index in [0.29, 0.717) is 17.9 Å². The standard InChI is InChI=1S/C26H27FN4O3/c1-17-15-30(18(2)28-17)23-11-6-19(14-24(23)33-3)13-20-5-4-12-31-25(20)29-34-26(31,16-32)21-7-9-22(27)10-8-21/h6-11,13-15,32H,4-5,12,16H2,1-3H3/b20-13+/t26-/m1/s1. The highest BCUT2D eigenvalue weighted by atomic mass is 19.1. The van der Waals surface area contributed by atoms with Crippen molar-refractivity contribution in [2.75, 3.05) is 20.3 Å². The van der Waals surface area contributed by atoms with E-state index in [0.717, 1.165) is 46.9 Å². The number of piperidine rings is 1. The molecule has 0 bridgehead atoms. The van der Waals surface area contributed by atoms with Crippen LogP contribution in [0.4, 0.5) is 4.39 Å². The molecule has 0 spiro atoms. The predicted molar refractivity (Wildman–Crippen MR) is 127 cm³/mol. The molecule has 1 atom stereocenters. The Labute approximate surface area is 197 Å². The Morgan fingerprint density at radius 3 is 2.68 bits per heavy atom. The summed E-state index contributed by atoms with van der Waals surface area (Å²) in [4.78, 5) is 12.3. The van der Waals surface area contributed by atoms with Gasteiger partial charge in [-0.2, -0.15) is 0 Å². The molecule has 0 saturated carbocycles. The molecule has 5 rings (SSSR count). The Bertz CT molecular complexity index is 1280. The Hall–Kier alpha value is -3.65. The summed E-state index contributed by atoms with van der Waals surface area (Å²) in [5.74, 6) is 1.98. The lowest BCUT2D eigenvalue weighted by atomic mass is 9.95. The topological polar surface area (TPSA) is 72.1 Å². The maximum absolute atomic E-state index is 13.5. The average Bonchev–Trinajstić information content (AvgIpc) is 3.40. The molecule has 3 aromatic rings. The molecule has 2 aliphatic rings. The molecule has 1 saturated heterocycles. The van der Waals surface area contributed by atoms with Crippen LogP contribution in [0.2, 0.25) is 0 Å². The average molecular weight is 463 g/mol. The zero-order valence-electron chi connectivity index (χ0n) is 19.5. The summed E-state index contributed by atoms with van der Waals surface area (Å²) in [5, 5.41) is 14.7. The van der Waals surface area contributed by atoms with Crippen LogP contribution in [0.1, 0.15) is 35.5 Å². The number of halogens is 1. The van der Waals surface area contributed by atoms with Gasteiger partial charge in [0, 0.05) is 18.3 Å². The van der Waals surface area contributed by atoms with Gasteiger partial charge in [0.05, 0.1) is 18.5 Å². The summed E-state index contributed by atoms with van der Waals surface area (Å²) >= 11 is 0. The lowest BCUT2D eigenvalue weighted by molar-refractivity contribution is -0.137. The van der Waals surface area contributed by atoms with Crippen LogP contribution in [-0.2, 0) is 10.6 Å². The van der Waals surface area contributed by atoms with E-state index in [1.54, 1.807) is 19.2 Å². The third kappa shape index (κ3) is 3.64. The van der Waals surface area contributed by atoms with Gasteiger partial charge in [0.2, 0.25) is 0 Å². The lowest BCUT2D eigenvalue weighted by Crippen LogP contribution is -2.51. The van der Waals surface area contributed by atoms with Gasteiger partial charge in [-0.25, -0.2) is 9.37 Å². The highest BCUT2D eigenvalue weighted by Gasteiger charge is 2.49. The van der Waals surface area contributed by atoms with E-state index in [-0.39, 0.29) is 12.4 Å². The fourth-order valence-corrected chi connectivity index (χ4v) is 4.75. The molecule has 0 aliphatic carbocycles. The molecule has 176 valence electrons. The van der Waals surface area contributed by atoms with Crippen LogP contribution >= 0.6 is 0 Å². The highest BCUT2D eigenvalue weighted by Crippen LogP contribution is 2.40. The summed E-state index contributed by atoms with van der Waals surface area (Å²) < 4.78 is 21.2. The second-order valence-corrected chi connectivity index (χ2v) is 8.61. The van der Waals surface area contributed by atoms with Gasteiger partial charge in [-0.05, 0) is 80.3 Å². The largest absolute Gasteiger partial charge is 0.495 e. The summed E-state index contributed by atoms with van der Waals surface area (Å²) in [6, 6.07) is 12.0. The van der Waals surface area contributed by atoms with E-state index >= 15 is 0 Å². The van der Waals surface area contributed by atoms with Gasteiger partial charge in [-0.1, -0.05) is 11.2 Å². The lowest BCUT2D eigenvalue weighted by Gasteiger charge is -2.38. The highest BCUT2D eigenvalue weighted by molar-refractivity contribution is 6.03. The van der Waals surface area contributed by atoms with Crippen LogP contribution in [0, 0.1) is 19.7 Å². The molecule has 8 heteroatoms. The summed E-state index contributed by atoms with van der Waals surface area (Å²) in [6.45, 7) is 4.30. The van der Waals surface area contributed by atoms with Gasteiger partial charge in [0.15, 0.2) is 5.84 Å². The number of nitrogens with zero attached hydrogens (tertiary/aromatic N) is 4. The number of imidazole rings is 1. The van der Waals surface area contributed by atoms with Crippen molar-refractivity contribution in [2.24, 2.45) is 5.16 Å². The van der Waals surface area contributed by atoms with E-state index in [1.165, 1.54) is 12.1 Å². The number of fused-ring (bicyclic) bond motifs is 1. The van der Waals surface area contributed by atoms with Gasteiger partial charge < -0.3 is 24.1 Å². The number of hydrogen-bond acceptors (Lipinski definition) is 6. The number of rotatable bonds is 5. The molecule has 34 heavy (non-hydrogen) atoms. The molecule has 2 aliphatic heterocycles. The van der Waals surface area contributed by atoms with Crippen molar-refractivity contribution in [3.05, 3.63) is 82.7 Å². The molecule has 1 N–H and O–H groups in total. The van der Waals surface area contributed by atoms with Gasteiger partial charge in [-0.15, -0.1) is 0 Å². The maximum Gasteiger partial charge on any atom is 0.260 e. The van der Waals surface area contributed by atoms with Gasteiger partial charge >= 0.3 is 0 Å². The van der Waals surface area contributed by atoms with Gasteiger partial charge in [-0.3, -0.25) is 0 Å². The van der Waals surface area contributed by atoms with E-state index < -0.39 is 5.72 Å². The number of benzene rings is 2. The zero-order valence-corrected chi connectivity index (χ0v) is 19.5. The van der Waals surface area contributed by atoms with E-state index in [4.69, 9.17) is 9.57 Å². The van der Waals surface area contributed by atoms with Crippen molar-refractivity contribution >= 4 is 11.9 Å². The number of oxime groups is 1. The number of hydrogen-bond donors (Lipinski definition) is 1. The fourth-order valence-electron chi connectivity index (χ4n) is 4.75. The molecule has 0 radical (unpaired) electrons. The summed E-state index contributed by atoms with van der Waals surface area (Å²) in [5.41, 5.74) is 3.35. The Morgan fingerprint density at radius 2 is 2.00 bits per heavy atom. The minimum absolute atomic E-state index is 0.300. The first-order chi connectivity index (χ1) is 16.4. The van der Waals surface area contributed by atoms with Crippen LogP contribution in [0.25, 0.3) is 11.8 Å². The van der Waals surface area contributed by atoms with Gasteiger partial charge in [0.1, 0.15) is 24.0 Å². The monoisotopic (exact) mass is 462 g/mol. The molecular weight excluding hydrogens is 435 g/mol. The predicted octanol–water partition coefficient (Wildman–Crippen LogP) is 4.31. The molecule has 7 nitrogen and oxygen atoms in total. The van der Waals surface area contributed by atoms with Crippen LogP contribution in [0.5, 0.6) is 5.75 Å². The number of aliphatic hydroxyl groups is 1. The van der Waals surface area contributed by atoms with E-state index in [1.807, 2.05) is 47.7 Å². The second kappa shape index (κ2) is 8.61. The number of ether oxygens (including phenoxy) is 1. The third-order valence-corrected chi connectivity index (χ3v) is 6.41. The first-order valence-corrected chi connectivity index (χ1v) is 11.3. The number of aromatic nitrogens is 2. The number of amidine groups is 1. The smallest absolute Gasteiger partial charge is 0.260 e. The minimum Gasteiger partial charge on any atom is -0.495 e. The van der Waals surface area contributed by atoms with Crippen LogP contribution in [0.3, 0.4) is 0 Å². The molecular formula is C26H27FN4O3. The van der Waals surface area contributed by atoms with Gasteiger partial charge in [0.25, 0.3) is 5.72 Å². The normalized spacial score (nSPS) is 20.8. The molecule has 0 amide bonds. The quantitative estimate of drug-likeness (QED) is 0.612. The van der Waals surface area contributed by atoms with Crippen molar-refractivity contribution in [3.63, 3.8) is 0 Å². The summed E-state index contributed by atoms with van der Waals surface area (Å²) in [6.07, 6.45) is 5.76. The van der Waals surface area contributed by atoms with Crippen molar-refractivity contribution < 1.29 is 19.1 Å². The summed E-state index contributed by atoms with van der Waals surface area (Å²) in [7, 11) is 1.66. The van der Waals surface area contributed by atoms with Crippen molar-refractivity contribution in [1.82, 2.24) is 14.5 Å². The van der Waals surface area contributed by atoms with Crippen LogP contribution in [0.15, 0.2) is 59.4 Å². The third-order valence-electron chi connectivity index (χ3n) is 6.41. The Balaban J connectivity index is 1.48. The maximum atomic E-state index is 13.5. The van der Waals surface area contributed by atoms with E-state index in [9.17, 15) is 9.50 Å². The molecule has 3 heterocycles. The second-order valence-electron chi connectivity index (χ2n) is 8.61. The zero-order chi connectivity index (χ0) is 23.9. The minimum atomic E-state index is -1.15. The molecule has 1 fully saturated rings. The van der Waals surface area contributed by atoms with E-state index in [2.05, 4.69) is 16.2 Å². The first kappa shape index (κ1) is 22.2. The molecule has 1 aromatic heterocycles. The molecule has 0 unspecified atom stereocenters. The Kier molecular flexibility index (Phi) is 5.61. The van der Waals surface area contributed by atoms with Crippen molar-refractivity contribution in [1.29, 1.82) is 0 Å². The van der Waals surface area contributed by atoms with Crippen molar-refractivity contribution in [3.8, 4) is 11.4 Å². The SMILES string of the molecule is COc1cc(/C=C2\CCCN3C2=NO[C@]3(CO)c2ccc(F)cc2)ccc1-n1cc(C)nc1C. The molecule has 2 aromatic carbocycles. The number of aryl methyl sites for hydroxylation is 2. The van der Waals surface area contributed by atoms with Crippen LogP contribution in [-0.4, -0.2) is 45.7 Å².